The van der Waals surface area contributed by atoms with Crippen LogP contribution in [0.15, 0.2) is 0 Å². The van der Waals surface area contributed by atoms with Gasteiger partial charge in [-0.15, -0.1) is 0 Å². The van der Waals surface area contributed by atoms with E-state index in [1.54, 1.807) is 0 Å². The Hall–Kier alpha value is -2.59. The minimum absolute atomic E-state index is 0.105. The number of benzene rings is 1. The van der Waals surface area contributed by atoms with Crippen LogP contribution in [0.1, 0.15) is 12.8 Å². The quantitative estimate of drug-likeness (QED) is 0.206. The fourth-order valence-electron chi connectivity index (χ4n) is 2.33. The molecule has 0 aromatic heterocycles. The SMILES string of the molecule is O=C1NCCCN1CCCNc1c(F)c(F)c(F)c(F)c1[N+](=O)[O-]. The standard InChI is InChI=1S/C13H14F4N4O3/c14-7-8(15)10(17)12(21(23)24)11(9(7)16)18-3-1-5-20-6-2-4-19-13(20)22/h18H,1-6H2,(H,19,22). The Balaban J connectivity index is 2.06. The van der Waals surface area contributed by atoms with Crippen LogP contribution in [0.3, 0.4) is 0 Å². The molecule has 1 saturated heterocycles. The fourth-order valence-corrected chi connectivity index (χ4v) is 2.33. The van der Waals surface area contributed by atoms with Crippen molar-refractivity contribution in [1.29, 1.82) is 0 Å². The summed E-state index contributed by atoms with van der Waals surface area (Å²) in [6, 6.07) is -0.266. The summed E-state index contributed by atoms with van der Waals surface area (Å²) in [4.78, 5) is 22.4. The third-order valence-electron chi connectivity index (χ3n) is 3.50. The topological polar surface area (TPSA) is 87.5 Å². The molecular weight excluding hydrogens is 336 g/mol. The highest BCUT2D eigenvalue weighted by molar-refractivity contribution is 5.74. The van der Waals surface area contributed by atoms with Gasteiger partial charge in [-0.1, -0.05) is 0 Å². The largest absolute Gasteiger partial charge is 0.377 e. The maximum atomic E-state index is 13.7. The molecule has 24 heavy (non-hydrogen) atoms. The molecule has 0 aliphatic carbocycles. The minimum Gasteiger partial charge on any atom is -0.377 e. The summed E-state index contributed by atoms with van der Waals surface area (Å²) in [5.74, 6) is -8.31. The summed E-state index contributed by atoms with van der Waals surface area (Å²) in [7, 11) is 0. The van der Waals surface area contributed by atoms with Crippen LogP contribution in [0, 0.1) is 33.4 Å². The first-order valence-corrected chi connectivity index (χ1v) is 7.11. The second-order valence-electron chi connectivity index (χ2n) is 5.09. The van der Waals surface area contributed by atoms with E-state index in [1.807, 2.05) is 0 Å². The summed E-state index contributed by atoms with van der Waals surface area (Å²) < 4.78 is 53.5. The molecule has 0 radical (unpaired) electrons. The lowest BCUT2D eigenvalue weighted by Crippen LogP contribution is -2.46. The molecule has 0 unspecified atom stereocenters. The van der Waals surface area contributed by atoms with Crippen LogP contribution in [0.2, 0.25) is 0 Å². The molecule has 1 aromatic carbocycles. The number of amides is 2. The first kappa shape index (κ1) is 17.8. The van der Waals surface area contributed by atoms with Crippen molar-refractivity contribution >= 4 is 17.4 Å². The summed E-state index contributed by atoms with van der Waals surface area (Å²) in [5.41, 5.74) is -2.55. The number of nitro benzene ring substituents is 1. The van der Waals surface area contributed by atoms with Crippen LogP contribution in [0.25, 0.3) is 0 Å². The van der Waals surface area contributed by atoms with Crippen molar-refractivity contribution in [2.45, 2.75) is 12.8 Å². The van der Waals surface area contributed by atoms with Gasteiger partial charge in [0.1, 0.15) is 0 Å². The Morgan fingerprint density at radius 1 is 1.17 bits per heavy atom. The zero-order valence-corrected chi connectivity index (χ0v) is 12.4. The number of carbonyl (C=O) groups is 1. The van der Waals surface area contributed by atoms with E-state index < -0.39 is 39.6 Å². The van der Waals surface area contributed by atoms with Crippen LogP contribution in [-0.2, 0) is 0 Å². The van der Waals surface area contributed by atoms with E-state index in [4.69, 9.17) is 0 Å². The maximum absolute atomic E-state index is 13.7. The van der Waals surface area contributed by atoms with Gasteiger partial charge >= 0.3 is 11.7 Å². The number of hydrogen-bond donors (Lipinski definition) is 2. The summed E-state index contributed by atoms with van der Waals surface area (Å²) in [5, 5.41) is 15.6. The normalized spacial score (nSPS) is 14.5. The summed E-state index contributed by atoms with van der Waals surface area (Å²) in [6.07, 6.45) is 0.998. The molecule has 2 rings (SSSR count). The molecule has 0 bridgehead atoms. The number of carbonyl (C=O) groups excluding carboxylic acids is 1. The highest BCUT2D eigenvalue weighted by Crippen LogP contribution is 2.34. The van der Waals surface area contributed by atoms with Crippen molar-refractivity contribution in [3.05, 3.63) is 33.4 Å². The molecule has 11 heteroatoms. The van der Waals surface area contributed by atoms with Crippen molar-refractivity contribution in [1.82, 2.24) is 10.2 Å². The predicted molar refractivity (Wildman–Crippen MR) is 75.6 cm³/mol. The van der Waals surface area contributed by atoms with Gasteiger partial charge in [-0.2, -0.15) is 4.39 Å². The molecule has 7 nitrogen and oxygen atoms in total. The van der Waals surface area contributed by atoms with Gasteiger partial charge in [0, 0.05) is 26.2 Å². The highest BCUT2D eigenvalue weighted by Gasteiger charge is 2.32. The molecule has 0 atom stereocenters. The lowest BCUT2D eigenvalue weighted by atomic mass is 10.2. The predicted octanol–water partition coefficient (Wildman–Crippen LogP) is 2.37. The maximum Gasteiger partial charge on any atom is 0.333 e. The van der Waals surface area contributed by atoms with Gasteiger partial charge in [0.25, 0.3) is 0 Å². The lowest BCUT2D eigenvalue weighted by molar-refractivity contribution is -0.387. The van der Waals surface area contributed by atoms with Crippen LogP contribution < -0.4 is 10.6 Å². The second-order valence-corrected chi connectivity index (χ2v) is 5.09. The van der Waals surface area contributed by atoms with Gasteiger partial charge in [-0.3, -0.25) is 10.1 Å². The van der Waals surface area contributed by atoms with Crippen molar-refractivity contribution in [2.75, 3.05) is 31.5 Å². The molecule has 1 aromatic rings. The van der Waals surface area contributed by atoms with E-state index in [0.717, 1.165) is 6.42 Å². The third kappa shape index (κ3) is 3.49. The Morgan fingerprint density at radius 3 is 2.46 bits per heavy atom. The van der Waals surface area contributed by atoms with Gasteiger partial charge in [-0.25, -0.2) is 18.0 Å². The molecule has 0 saturated carbocycles. The van der Waals surface area contributed by atoms with E-state index in [9.17, 15) is 32.5 Å². The highest BCUT2D eigenvalue weighted by atomic mass is 19.2. The van der Waals surface area contributed by atoms with Crippen molar-refractivity contribution < 1.29 is 27.3 Å². The molecule has 1 aliphatic heterocycles. The van der Waals surface area contributed by atoms with E-state index in [0.29, 0.717) is 13.1 Å². The van der Waals surface area contributed by atoms with Crippen LogP contribution in [0.4, 0.5) is 33.7 Å². The van der Waals surface area contributed by atoms with Gasteiger partial charge in [0.15, 0.2) is 17.3 Å². The number of anilines is 1. The molecule has 0 spiro atoms. The number of urea groups is 1. The Morgan fingerprint density at radius 2 is 1.83 bits per heavy atom. The average molecular weight is 350 g/mol. The molecule has 1 fully saturated rings. The van der Waals surface area contributed by atoms with E-state index in [2.05, 4.69) is 10.6 Å². The number of hydrogen-bond acceptors (Lipinski definition) is 4. The molecule has 2 amide bonds. The number of halogens is 4. The van der Waals surface area contributed by atoms with Gasteiger partial charge in [-0.05, 0) is 12.8 Å². The van der Waals surface area contributed by atoms with Crippen LogP contribution in [0.5, 0.6) is 0 Å². The number of nitrogens with zero attached hydrogens (tertiary/aromatic N) is 2. The monoisotopic (exact) mass is 350 g/mol. The van der Waals surface area contributed by atoms with E-state index in [1.165, 1.54) is 4.90 Å². The van der Waals surface area contributed by atoms with E-state index in [-0.39, 0.29) is 25.5 Å². The molecule has 1 aliphatic rings. The fraction of sp³-hybridized carbons (Fsp3) is 0.462. The zero-order valence-electron chi connectivity index (χ0n) is 12.4. The Kier molecular flexibility index (Phi) is 5.42. The van der Waals surface area contributed by atoms with Crippen LogP contribution in [-0.4, -0.2) is 42.0 Å². The van der Waals surface area contributed by atoms with Crippen LogP contribution >= 0.6 is 0 Å². The summed E-state index contributed by atoms with van der Waals surface area (Å²) >= 11 is 0. The molecule has 1 heterocycles. The van der Waals surface area contributed by atoms with Crippen molar-refractivity contribution in [3.63, 3.8) is 0 Å². The number of rotatable bonds is 6. The average Bonchev–Trinajstić information content (AvgIpc) is 2.55. The zero-order chi connectivity index (χ0) is 17.9. The lowest BCUT2D eigenvalue weighted by Gasteiger charge is -2.27. The smallest absolute Gasteiger partial charge is 0.333 e. The van der Waals surface area contributed by atoms with E-state index >= 15 is 0 Å². The molecule has 132 valence electrons. The summed E-state index contributed by atoms with van der Waals surface area (Å²) in [6.45, 7) is 1.26. The Labute approximate surface area is 133 Å². The number of nitro groups is 1. The van der Waals surface area contributed by atoms with Gasteiger partial charge in [0.2, 0.25) is 11.6 Å². The number of nitrogens with one attached hydrogen (secondary N) is 2. The second kappa shape index (κ2) is 7.32. The van der Waals surface area contributed by atoms with Gasteiger partial charge < -0.3 is 15.5 Å². The molecular formula is C13H14F4N4O3. The van der Waals surface area contributed by atoms with Crippen molar-refractivity contribution in [2.24, 2.45) is 0 Å². The minimum atomic E-state index is -2.24. The first-order valence-electron chi connectivity index (χ1n) is 7.11. The molecule has 2 N–H and O–H groups in total. The van der Waals surface area contributed by atoms with Crippen molar-refractivity contribution in [3.8, 4) is 0 Å². The Bertz CT molecular complexity index is 671. The first-order chi connectivity index (χ1) is 11.3. The van der Waals surface area contributed by atoms with Gasteiger partial charge in [0.05, 0.1) is 4.92 Å². The third-order valence-corrected chi connectivity index (χ3v) is 3.50.